The van der Waals surface area contributed by atoms with Gasteiger partial charge in [0.1, 0.15) is 0 Å². The van der Waals surface area contributed by atoms with Crippen molar-refractivity contribution in [1.82, 2.24) is 4.90 Å². The molecule has 0 fully saturated rings. The summed E-state index contributed by atoms with van der Waals surface area (Å²) in [6, 6.07) is 11.4. The molecule has 142 valence electrons. The van der Waals surface area contributed by atoms with Gasteiger partial charge in [-0.2, -0.15) is 0 Å². The number of amides is 1. The molecule has 1 atom stereocenters. The molecule has 4 nitrogen and oxygen atoms in total. The fraction of sp³-hybridized carbons (Fsp3) is 0.318. The molecule has 2 aromatic rings. The van der Waals surface area contributed by atoms with E-state index >= 15 is 0 Å². The first-order valence-corrected chi connectivity index (χ1v) is 9.32. The topological polar surface area (TPSA) is 38.8 Å². The van der Waals surface area contributed by atoms with E-state index in [1.54, 1.807) is 14.2 Å². The molecule has 2 aromatic carbocycles. The van der Waals surface area contributed by atoms with Crippen LogP contribution in [0.4, 0.5) is 0 Å². The maximum Gasteiger partial charge on any atom is 0.249 e. The van der Waals surface area contributed by atoms with Gasteiger partial charge in [0, 0.05) is 17.1 Å². The molecule has 0 bridgehead atoms. The second kappa shape index (κ2) is 8.05. The van der Waals surface area contributed by atoms with E-state index in [0.717, 1.165) is 28.7 Å². The fourth-order valence-electron chi connectivity index (χ4n) is 3.55. The lowest BCUT2D eigenvalue weighted by atomic mass is 9.87. The van der Waals surface area contributed by atoms with Crippen LogP contribution >= 0.6 is 11.6 Å². The maximum atomic E-state index is 13.1. The lowest BCUT2D eigenvalue weighted by molar-refractivity contribution is -0.129. The largest absolute Gasteiger partial charge is 0.493 e. The first kappa shape index (κ1) is 19.3. The highest BCUT2D eigenvalue weighted by molar-refractivity contribution is 6.31. The van der Waals surface area contributed by atoms with Gasteiger partial charge in [-0.1, -0.05) is 35.9 Å². The summed E-state index contributed by atoms with van der Waals surface area (Å²) in [5.41, 5.74) is 3.78. The minimum absolute atomic E-state index is 0.0165. The number of allylic oxidation sites excluding steroid dienone is 1. The zero-order valence-corrected chi connectivity index (χ0v) is 16.8. The van der Waals surface area contributed by atoms with E-state index in [1.165, 1.54) is 0 Å². The number of ether oxygens (including phenoxy) is 2. The fourth-order valence-corrected chi connectivity index (χ4v) is 3.79. The molecule has 0 spiro atoms. The summed E-state index contributed by atoms with van der Waals surface area (Å²) < 4.78 is 11.0. The van der Waals surface area contributed by atoms with E-state index in [2.05, 4.69) is 0 Å². The number of fused-ring (bicyclic) bond motifs is 1. The number of nitrogens with zero attached hydrogens (tertiary/aromatic N) is 1. The summed E-state index contributed by atoms with van der Waals surface area (Å²) in [5.74, 6) is 1.35. The minimum atomic E-state index is -0.273. The Bertz CT molecular complexity index is 891. The Morgan fingerprint density at radius 2 is 1.81 bits per heavy atom. The van der Waals surface area contributed by atoms with Crippen molar-refractivity contribution in [2.24, 2.45) is 0 Å². The van der Waals surface area contributed by atoms with E-state index in [4.69, 9.17) is 21.1 Å². The van der Waals surface area contributed by atoms with Crippen LogP contribution in [0.25, 0.3) is 0 Å². The highest BCUT2D eigenvalue weighted by Gasteiger charge is 2.34. The van der Waals surface area contributed by atoms with Gasteiger partial charge in [0.05, 0.1) is 20.3 Å². The molecule has 1 amide bonds. The average molecular weight is 386 g/mol. The molecule has 0 radical (unpaired) electrons. The maximum absolute atomic E-state index is 13.1. The van der Waals surface area contributed by atoms with Crippen molar-refractivity contribution in [3.05, 3.63) is 69.8 Å². The molecule has 0 saturated heterocycles. The summed E-state index contributed by atoms with van der Waals surface area (Å²) >= 11 is 6.53. The Morgan fingerprint density at radius 1 is 1.15 bits per heavy atom. The molecule has 5 heteroatoms. The second-order valence-electron chi connectivity index (χ2n) is 6.55. The predicted octanol–water partition coefficient (Wildman–Crippen LogP) is 4.80. The minimum Gasteiger partial charge on any atom is -0.493 e. The molecule has 0 saturated carbocycles. The van der Waals surface area contributed by atoms with E-state index < -0.39 is 0 Å². The summed E-state index contributed by atoms with van der Waals surface area (Å²) in [6.07, 6.45) is 2.59. The van der Waals surface area contributed by atoms with Gasteiger partial charge in [-0.3, -0.25) is 4.79 Å². The molecule has 0 aromatic heterocycles. The highest BCUT2D eigenvalue weighted by atomic mass is 35.5. The Hall–Kier alpha value is -2.46. The van der Waals surface area contributed by atoms with Gasteiger partial charge in [0.15, 0.2) is 11.5 Å². The van der Waals surface area contributed by atoms with Crippen LogP contribution < -0.4 is 9.47 Å². The molecular formula is C22H24ClNO3. The van der Waals surface area contributed by atoms with Crippen LogP contribution in [-0.2, 0) is 11.2 Å². The Morgan fingerprint density at radius 3 is 2.44 bits per heavy atom. The number of carbonyl (C=O) groups excluding carboxylic acids is 1. The zero-order chi connectivity index (χ0) is 19.6. The summed E-state index contributed by atoms with van der Waals surface area (Å²) in [6.45, 7) is 4.34. The zero-order valence-electron chi connectivity index (χ0n) is 16.1. The van der Waals surface area contributed by atoms with Crippen LogP contribution in [-0.4, -0.2) is 31.6 Å². The molecule has 1 heterocycles. The monoisotopic (exact) mass is 385 g/mol. The average Bonchev–Trinajstić information content (AvgIpc) is 2.71. The summed E-state index contributed by atoms with van der Waals surface area (Å²) in [4.78, 5) is 15.0. The Kier molecular flexibility index (Phi) is 5.76. The number of hydrogen-bond donors (Lipinski definition) is 0. The molecule has 3 rings (SSSR count). The van der Waals surface area contributed by atoms with Crippen LogP contribution in [0.15, 0.2) is 48.0 Å². The Labute approximate surface area is 165 Å². The van der Waals surface area contributed by atoms with E-state index in [1.807, 2.05) is 61.2 Å². The number of benzene rings is 2. The smallest absolute Gasteiger partial charge is 0.249 e. The van der Waals surface area contributed by atoms with E-state index in [9.17, 15) is 4.79 Å². The van der Waals surface area contributed by atoms with Crippen molar-refractivity contribution in [1.29, 1.82) is 0 Å². The van der Waals surface area contributed by atoms with Gasteiger partial charge in [0.2, 0.25) is 5.91 Å². The van der Waals surface area contributed by atoms with Gasteiger partial charge < -0.3 is 14.4 Å². The summed E-state index contributed by atoms with van der Waals surface area (Å²) in [7, 11) is 3.24. The quantitative estimate of drug-likeness (QED) is 0.710. The summed E-state index contributed by atoms with van der Waals surface area (Å²) in [5, 5.41) is 0.640. The number of halogens is 1. The first-order chi connectivity index (χ1) is 13.0. The molecule has 1 aliphatic rings. The van der Waals surface area contributed by atoms with Crippen LogP contribution in [0, 0.1) is 0 Å². The van der Waals surface area contributed by atoms with Crippen LogP contribution in [0.1, 0.15) is 36.6 Å². The van der Waals surface area contributed by atoms with Gasteiger partial charge in [-0.25, -0.2) is 0 Å². The Balaban J connectivity index is 2.21. The van der Waals surface area contributed by atoms with Gasteiger partial charge in [-0.15, -0.1) is 0 Å². The van der Waals surface area contributed by atoms with Crippen molar-refractivity contribution >= 4 is 17.5 Å². The number of rotatable bonds is 4. The van der Waals surface area contributed by atoms with Gasteiger partial charge in [0.25, 0.3) is 0 Å². The number of hydrogen-bond acceptors (Lipinski definition) is 3. The van der Waals surface area contributed by atoms with Crippen molar-refractivity contribution in [2.75, 3.05) is 20.8 Å². The molecule has 0 unspecified atom stereocenters. The molecular weight excluding hydrogens is 362 g/mol. The third kappa shape index (κ3) is 3.54. The standard InChI is InChI=1S/C22H24ClNO3/c1-5-14(2)22(25)24-11-10-15-12-19(26-3)20(27-4)13-17(15)21(24)16-8-6-7-9-18(16)23/h5-9,12-13,21H,10-11H2,1-4H3/b14-5+/t21-/m1/s1. The molecule has 0 N–H and O–H groups in total. The SMILES string of the molecule is C/C=C(\C)C(=O)N1CCc2cc(OC)c(OC)cc2[C@H]1c1ccccc1Cl. The van der Waals surface area contributed by atoms with Crippen molar-refractivity contribution in [3.63, 3.8) is 0 Å². The third-order valence-corrected chi connectivity index (χ3v) is 5.45. The molecule has 0 aliphatic carbocycles. The second-order valence-corrected chi connectivity index (χ2v) is 6.96. The lowest BCUT2D eigenvalue weighted by Crippen LogP contribution is -2.41. The lowest BCUT2D eigenvalue weighted by Gasteiger charge is -2.38. The van der Waals surface area contributed by atoms with Crippen LogP contribution in [0.5, 0.6) is 11.5 Å². The molecule has 27 heavy (non-hydrogen) atoms. The van der Waals surface area contributed by atoms with Crippen molar-refractivity contribution in [2.45, 2.75) is 26.3 Å². The molecule has 1 aliphatic heterocycles. The number of methoxy groups -OCH3 is 2. The van der Waals surface area contributed by atoms with Gasteiger partial charge >= 0.3 is 0 Å². The van der Waals surface area contributed by atoms with Gasteiger partial charge in [-0.05, 0) is 55.2 Å². The third-order valence-electron chi connectivity index (χ3n) is 5.10. The highest BCUT2D eigenvalue weighted by Crippen LogP contribution is 2.43. The number of carbonyl (C=O) groups is 1. The van der Waals surface area contributed by atoms with E-state index in [0.29, 0.717) is 23.1 Å². The van der Waals surface area contributed by atoms with Crippen molar-refractivity contribution < 1.29 is 14.3 Å². The van der Waals surface area contributed by atoms with E-state index in [-0.39, 0.29) is 11.9 Å². The van der Waals surface area contributed by atoms with Crippen LogP contribution in [0.3, 0.4) is 0 Å². The van der Waals surface area contributed by atoms with Crippen LogP contribution in [0.2, 0.25) is 5.02 Å². The van der Waals surface area contributed by atoms with Crippen molar-refractivity contribution in [3.8, 4) is 11.5 Å². The first-order valence-electron chi connectivity index (χ1n) is 8.94. The predicted molar refractivity (Wildman–Crippen MR) is 108 cm³/mol. The normalized spacial score (nSPS) is 16.7.